The number of rotatable bonds is 6. The molecule has 6 heteroatoms. The number of aromatic nitrogens is 4. The molecule has 0 fully saturated rings. The number of aliphatic hydroxyl groups excluding tert-OH is 1. The van der Waals surface area contributed by atoms with E-state index in [1.807, 2.05) is 25.5 Å². The molecule has 92 valence electrons. The summed E-state index contributed by atoms with van der Waals surface area (Å²) in [4.78, 5) is 0. The lowest BCUT2D eigenvalue weighted by molar-refractivity contribution is 0.269. The number of hydrogen-bond donors (Lipinski definition) is 2. The normalized spacial score (nSPS) is 10.9. The van der Waals surface area contributed by atoms with Gasteiger partial charge in [0.1, 0.15) is 0 Å². The third-order valence-corrected chi connectivity index (χ3v) is 2.42. The topological polar surface area (TPSA) is 67.9 Å². The zero-order valence-electron chi connectivity index (χ0n) is 9.87. The number of nitrogens with zero attached hydrogens (tertiary/aromatic N) is 4. The summed E-state index contributed by atoms with van der Waals surface area (Å²) in [5.41, 5.74) is 2.13. The van der Waals surface area contributed by atoms with Gasteiger partial charge in [0.2, 0.25) is 0 Å². The molecule has 17 heavy (non-hydrogen) atoms. The van der Waals surface area contributed by atoms with E-state index in [-0.39, 0.29) is 6.61 Å². The van der Waals surface area contributed by atoms with Gasteiger partial charge in [-0.05, 0) is 6.07 Å². The number of hydrogen-bond acceptors (Lipinski definition) is 4. The Balaban J connectivity index is 1.77. The van der Waals surface area contributed by atoms with Crippen molar-refractivity contribution in [2.24, 2.45) is 7.05 Å². The maximum Gasteiger partial charge on any atom is 0.0762 e. The van der Waals surface area contributed by atoms with Gasteiger partial charge in [0.15, 0.2) is 0 Å². The SMILES string of the molecule is Cn1ccc(CNCc2cnn(CCO)c2)n1. The molecule has 0 aliphatic heterocycles. The summed E-state index contributed by atoms with van der Waals surface area (Å²) in [6, 6.07) is 1.99. The zero-order chi connectivity index (χ0) is 12.1. The van der Waals surface area contributed by atoms with Gasteiger partial charge in [-0.25, -0.2) is 0 Å². The Hall–Kier alpha value is -1.66. The Bertz CT molecular complexity index is 462. The lowest BCUT2D eigenvalue weighted by Crippen LogP contribution is -2.13. The summed E-state index contributed by atoms with van der Waals surface area (Å²) in [6.45, 7) is 2.15. The lowest BCUT2D eigenvalue weighted by atomic mass is 10.3. The molecule has 0 aromatic carbocycles. The van der Waals surface area contributed by atoms with Gasteiger partial charge in [0, 0.05) is 38.1 Å². The molecule has 6 nitrogen and oxygen atoms in total. The highest BCUT2D eigenvalue weighted by Gasteiger charge is 1.99. The smallest absolute Gasteiger partial charge is 0.0762 e. The molecule has 0 saturated heterocycles. The molecule has 0 unspecified atom stereocenters. The minimum atomic E-state index is 0.114. The Morgan fingerprint density at radius 1 is 1.41 bits per heavy atom. The zero-order valence-corrected chi connectivity index (χ0v) is 9.87. The molecule has 0 bridgehead atoms. The minimum Gasteiger partial charge on any atom is -0.394 e. The molecular formula is C11H17N5O. The average molecular weight is 235 g/mol. The Morgan fingerprint density at radius 2 is 2.29 bits per heavy atom. The molecule has 2 rings (SSSR count). The third-order valence-electron chi connectivity index (χ3n) is 2.42. The molecule has 2 N–H and O–H groups in total. The highest BCUT2D eigenvalue weighted by Crippen LogP contribution is 1.99. The molecule has 0 aliphatic rings. The van der Waals surface area contributed by atoms with Crippen molar-refractivity contribution in [3.8, 4) is 0 Å². The van der Waals surface area contributed by atoms with Crippen molar-refractivity contribution in [1.29, 1.82) is 0 Å². The van der Waals surface area contributed by atoms with Crippen molar-refractivity contribution in [1.82, 2.24) is 24.9 Å². The fraction of sp³-hybridized carbons (Fsp3) is 0.455. The fourth-order valence-electron chi connectivity index (χ4n) is 1.61. The molecule has 2 aromatic rings. The van der Waals surface area contributed by atoms with Crippen molar-refractivity contribution in [2.75, 3.05) is 6.61 Å². The number of aliphatic hydroxyl groups is 1. The van der Waals surface area contributed by atoms with Crippen LogP contribution in [0.15, 0.2) is 24.7 Å². The molecule has 0 aliphatic carbocycles. The molecule has 0 spiro atoms. The van der Waals surface area contributed by atoms with Crippen LogP contribution in [0.5, 0.6) is 0 Å². The first-order valence-corrected chi connectivity index (χ1v) is 5.59. The summed E-state index contributed by atoms with van der Waals surface area (Å²) in [5.74, 6) is 0. The summed E-state index contributed by atoms with van der Waals surface area (Å²) >= 11 is 0. The van der Waals surface area contributed by atoms with E-state index in [4.69, 9.17) is 5.11 Å². The van der Waals surface area contributed by atoms with Gasteiger partial charge in [-0.2, -0.15) is 10.2 Å². The van der Waals surface area contributed by atoms with Crippen LogP contribution in [0.4, 0.5) is 0 Å². The first-order valence-electron chi connectivity index (χ1n) is 5.59. The van der Waals surface area contributed by atoms with E-state index in [2.05, 4.69) is 15.5 Å². The van der Waals surface area contributed by atoms with Crippen LogP contribution in [0.1, 0.15) is 11.3 Å². The largest absolute Gasteiger partial charge is 0.394 e. The van der Waals surface area contributed by atoms with Crippen LogP contribution in [-0.2, 0) is 26.7 Å². The van der Waals surface area contributed by atoms with E-state index >= 15 is 0 Å². The molecule has 0 atom stereocenters. The summed E-state index contributed by atoms with van der Waals surface area (Å²) in [6.07, 6.45) is 5.67. The monoisotopic (exact) mass is 235 g/mol. The van der Waals surface area contributed by atoms with E-state index in [1.54, 1.807) is 15.6 Å². The van der Waals surface area contributed by atoms with Crippen LogP contribution in [0, 0.1) is 0 Å². The van der Waals surface area contributed by atoms with Gasteiger partial charge < -0.3 is 10.4 Å². The van der Waals surface area contributed by atoms with Crippen molar-refractivity contribution in [3.63, 3.8) is 0 Å². The second-order valence-electron chi connectivity index (χ2n) is 3.92. The predicted octanol–water partition coefficient (Wildman–Crippen LogP) is -0.101. The van der Waals surface area contributed by atoms with Gasteiger partial charge in [0.25, 0.3) is 0 Å². The van der Waals surface area contributed by atoms with Crippen LogP contribution >= 0.6 is 0 Å². The first-order chi connectivity index (χ1) is 8.28. The quantitative estimate of drug-likeness (QED) is 0.733. The van der Waals surface area contributed by atoms with E-state index in [0.717, 1.165) is 24.3 Å². The van der Waals surface area contributed by atoms with E-state index in [0.29, 0.717) is 6.54 Å². The average Bonchev–Trinajstić information content (AvgIpc) is 2.89. The Morgan fingerprint density at radius 3 is 3.00 bits per heavy atom. The highest BCUT2D eigenvalue weighted by atomic mass is 16.3. The standard InChI is InChI=1S/C11H17N5O/c1-15-3-2-11(14-15)8-12-6-10-7-13-16(9-10)4-5-17/h2-3,7,9,12,17H,4-6,8H2,1H3. The Labute approximate surface area is 99.9 Å². The first kappa shape index (κ1) is 11.8. The summed E-state index contributed by atoms with van der Waals surface area (Å²) < 4.78 is 3.52. The van der Waals surface area contributed by atoms with Crippen LogP contribution in [0.3, 0.4) is 0 Å². The van der Waals surface area contributed by atoms with Crippen molar-refractivity contribution < 1.29 is 5.11 Å². The predicted molar refractivity (Wildman–Crippen MR) is 63.1 cm³/mol. The van der Waals surface area contributed by atoms with Crippen molar-refractivity contribution in [2.45, 2.75) is 19.6 Å². The molecular weight excluding hydrogens is 218 g/mol. The third kappa shape index (κ3) is 3.40. The van der Waals surface area contributed by atoms with Crippen LogP contribution < -0.4 is 5.32 Å². The molecule has 0 amide bonds. The van der Waals surface area contributed by atoms with Crippen LogP contribution in [0.2, 0.25) is 0 Å². The number of nitrogens with one attached hydrogen (secondary N) is 1. The van der Waals surface area contributed by atoms with Gasteiger partial charge in [0.05, 0.1) is 25.0 Å². The van der Waals surface area contributed by atoms with E-state index < -0.39 is 0 Å². The van der Waals surface area contributed by atoms with Gasteiger partial charge >= 0.3 is 0 Å². The van der Waals surface area contributed by atoms with Crippen LogP contribution in [0.25, 0.3) is 0 Å². The lowest BCUT2D eigenvalue weighted by Gasteiger charge is -1.99. The minimum absolute atomic E-state index is 0.114. The highest BCUT2D eigenvalue weighted by molar-refractivity contribution is 5.04. The van der Waals surface area contributed by atoms with Gasteiger partial charge in [-0.15, -0.1) is 0 Å². The molecule has 0 saturated carbocycles. The summed E-state index contributed by atoms with van der Waals surface area (Å²) in [5, 5.41) is 20.5. The summed E-state index contributed by atoms with van der Waals surface area (Å²) in [7, 11) is 1.91. The second kappa shape index (κ2) is 5.60. The Kier molecular flexibility index (Phi) is 3.89. The fourth-order valence-corrected chi connectivity index (χ4v) is 1.61. The maximum absolute atomic E-state index is 8.77. The van der Waals surface area contributed by atoms with Crippen LogP contribution in [-0.4, -0.2) is 31.3 Å². The maximum atomic E-state index is 8.77. The molecule has 2 aromatic heterocycles. The number of aryl methyl sites for hydroxylation is 1. The van der Waals surface area contributed by atoms with Gasteiger partial charge in [-0.3, -0.25) is 9.36 Å². The second-order valence-corrected chi connectivity index (χ2v) is 3.92. The van der Waals surface area contributed by atoms with E-state index in [9.17, 15) is 0 Å². The van der Waals surface area contributed by atoms with Crippen molar-refractivity contribution in [3.05, 3.63) is 35.9 Å². The van der Waals surface area contributed by atoms with Crippen molar-refractivity contribution >= 4 is 0 Å². The molecule has 2 heterocycles. The van der Waals surface area contributed by atoms with E-state index in [1.165, 1.54) is 0 Å². The van der Waals surface area contributed by atoms with Gasteiger partial charge in [-0.1, -0.05) is 0 Å². The molecule has 0 radical (unpaired) electrons.